The predicted molar refractivity (Wildman–Crippen MR) is 246 cm³/mol. The molecule has 0 aliphatic carbocycles. The van der Waals surface area contributed by atoms with Gasteiger partial charge in [0, 0.05) is 35.2 Å². The van der Waals surface area contributed by atoms with E-state index in [0.717, 1.165) is 50.2 Å². The molecule has 0 bridgehead atoms. The normalized spacial score (nSPS) is 14.5. The highest BCUT2D eigenvalue weighted by atomic mass is 16.3. The summed E-state index contributed by atoms with van der Waals surface area (Å²) in [6, 6.07) is 51.7. The van der Waals surface area contributed by atoms with E-state index in [9.17, 15) is 5.11 Å². The van der Waals surface area contributed by atoms with Gasteiger partial charge in [0.1, 0.15) is 11.6 Å². The van der Waals surface area contributed by atoms with Gasteiger partial charge in [0.05, 0.1) is 28.0 Å². The summed E-state index contributed by atoms with van der Waals surface area (Å²) in [5, 5.41) is 11.9. The number of fused-ring (bicyclic) bond motifs is 1. The molecule has 7 aromatic carbocycles. The molecule has 1 N–H and O–H groups in total. The maximum Gasteiger partial charge on any atom is 0.149 e. The molecule has 288 valence electrons. The molecule has 59 heavy (non-hydrogen) atoms. The van der Waals surface area contributed by atoms with Crippen molar-refractivity contribution in [1.82, 2.24) is 14.5 Å². The molecule has 0 spiro atoms. The molecular weight excluding hydrogens is 719 g/mol. The van der Waals surface area contributed by atoms with E-state index < -0.39 is 26.0 Å². The number of benzene rings is 7. The van der Waals surface area contributed by atoms with E-state index in [1.807, 2.05) is 85.3 Å². The highest BCUT2D eigenvalue weighted by Gasteiger charge is 2.25. The second-order valence-corrected chi connectivity index (χ2v) is 15.2. The van der Waals surface area contributed by atoms with Crippen molar-refractivity contribution in [3.8, 4) is 78.6 Å². The summed E-state index contributed by atoms with van der Waals surface area (Å²) in [4.78, 5) is 10.2. The molecule has 0 fully saturated rings. The Bertz CT molecular complexity index is 3300. The van der Waals surface area contributed by atoms with E-state index in [-0.39, 0.29) is 11.3 Å². The third-order valence-corrected chi connectivity index (χ3v) is 10.9. The van der Waals surface area contributed by atoms with Crippen molar-refractivity contribution in [2.75, 3.05) is 0 Å². The van der Waals surface area contributed by atoms with E-state index in [0.29, 0.717) is 44.8 Å². The Hall–Kier alpha value is -7.04. The predicted octanol–water partition coefficient (Wildman–Crippen LogP) is 14.4. The standard InChI is InChI=1S/C55H47N3O/c1-35-20-22-39(23-21-35)41-26-27-56-49(33-41)44-31-42(38-14-9-7-10-15-38)30-43(32-44)46-18-13-19-51-52(46)57-54(48-29-36(2)28-37(3)53(48)59)58(51)50-25-24-45(55(4,5)6)34-47(50)40-16-11-8-12-17-40/h7-34,59H,1-6H3/i4D3,5D3,6D3. The molecule has 9 rings (SSSR count). The van der Waals surface area contributed by atoms with Gasteiger partial charge in [0.25, 0.3) is 0 Å². The van der Waals surface area contributed by atoms with Gasteiger partial charge in [-0.15, -0.1) is 0 Å². The number of rotatable bonds is 7. The lowest BCUT2D eigenvalue weighted by molar-refractivity contribution is 0.472. The fraction of sp³-hybridized carbons (Fsp3) is 0.127. The van der Waals surface area contributed by atoms with Crippen molar-refractivity contribution in [2.45, 2.75) is 46.7 Å². The van der Waals surface area contributed by atoms with Crippen molar-refractivity contribution in [1.29, 1.82) is 0 Å². The molecule has 2 heterocycles. The largest absolute Gasteiger partial charge is 0.507 e. The number of pyridine rings is 1. The second kappa shape index (κ2) is 15.0. The van der Waals surface area contributed by atoms with Gasteiger partial charge in [-0.3, -0.25) is 9.55 Å². The van der Waals surface area contributed by atoms with Crippen molar-refractivity contribution in [3.05, 3.63) is 192 Å². The first kappa shape index (κ1) is 28.4. The Morgan fingerprint density at radius 1 is 0.525 bits per heavy atom. The van der Waals surface area contributed by atoms with Crippen LogP contribution in [-0.2, 0) is 5.41 Å². The number of phenols is 1. The van der Waals surface area contributed by atoms with Crippen LogP contribution in [0.1, 0.15) is 55.1 Å². The highest BCUT2D eigenvalue weighted by molar-refractivity contribution is 5.98. The lowest BCUT2D eigenvalue weighted by Crippen LogP contribution is -2.12. The summed E-state index contributed by atoms with van der Waals surface area (Å²) in [5.41, 5.74) is 9.30. The van der Waals surface area contributed by atoms with Crippen molar-refractivity contribution < 1.29 is 17.4 Å². The van der Waals surface area contributed by atoms with Gasteiger partial charge in [0.15, 0.2) is 0 Å². The summed E-state index contributed by atoms with van der Waals surface area (Å²) in [6.07, 6.45) is 1.82. The Labute approximate surface area is 359 Å². The summed E-state index contributed by atoms with van der Waals surface area (Å²) in [6.45, 7) is -4.63. The van der Waals surface area contributed by atoms with Gasteiger partial charge in [-0.25, -0.2) is 4.98 Å². The quantitative estimate of drug-likeness (QED) is 0.175. The monoisotopic (exact) mass is 774 g/mol. The van der Waals surface area contributed by atoms with Crippen molar-refractivity contribution in [2.24, 2.45) is 0 Å². The van der Waals surface area contributed by atoms with Gasteiger partial charge in [-0.2, -0.15) is 0 Å². The van der Waals surface area contributed by atoms with Crippen LogP contribution >= 0.6 is 0 Å². The zero-order chi connectivity index (χ0) is 48.3. The number of nitrogens with zero attached hydrogens (tertiary/aromatic N) is 3. The van der Waals surface area contributed by atoms with Crippen LogP contribution in [0.4, 0.5) is 0 Å². The van der Waals surface area contributed by atoms with Crippen LogP contribution < -0.4 is 0 Å². The van der Waals surface area contributed by atoms with Crippen LogP contribution in [0.2, 0.25) is 0 Å². The molecule has 0 amide bonds. The minimum Gasteiger partial charge on any atom is -0.507 e. The summed E-state index contributed by atoms with van der Waals surface area (Å²) in [5.74, 6) is 0.355. The molecule has 0 unspecified atom stereocenters. The zero-order valence-electron chi connectivity index (χ0n) is 42.0. The second-order valence-electron chi connectivity index (χ2n) is 15.2. The molecule has 2 aromatic heterocycles. The van der Waals surface area contributed by atoms with E-state index >= 15 is 0 Å². The fourth-order valence-corrected chi connectivity index (χ4v) is 7.94. The van der Waals surface area contributed by atoms with Crippen molar-refractivity contribution in [3.63, 3.8) is 0 Å². The molecule has 0 aliphatic heterocycles. The first-order valence-corrected chi connectivity index (χ1v) is 19.5. The van der Waals surface area contributed by atoms with Gasteiger partial charge in [0.2, 0.25) is 0 Å². The van der Waals surface area contributed by atoms with Gasteiger partial charge in [-0.1, -0.05) is 135 Å². The highest BCUT2D eigenvalue weighted by Crippen LogP contribution is 2.43. The smallest absolute Gasteiger partial charge is 0.149 e. The Balaban J connectivity index is 1.35. The molecular formula is C55H47N3O. The Morgan fingerprint density at radius 3 is 1.97 bits per heavy atom. The number of aryl methyl sites for hydroxylation is 3. The van der Waals surface area contributed by atoms with Crippen LogP contribution in [-0.4, -0.2) is 19.6 Å². The third kappa shape index (κ3) is 7.23. The molecule has 9 aromatic rings. The first-order valence-electron chi connectivity index (χ1n) is 24.0. The molecule has 0 saturated heterocycles. The molecule has 4 heteroatoms. The number of imidazole rings is 1. The molecule has 0 aliphatic rings. The van der Waals surface area contributed by atoms with E-state index in [1.165, 1.54) is 17.7 Å². The lowest BCUT2D eigenvalue weighted by atomic mass is 9.85. The average Bonchev–Trinajstić information content (AvgIpc) is 3.69. The van der Waals surface area contributed by atoms with E-state index in [1.54, 1.807) is 30.3 Å². The number of hydrogen-bond donors (Lipinski definition) is 1. The number of phenolic OH excluding ortho intramolecular Hbond substituents is 1. The zero-order valence-corrected chi connectivity index (χ0v) is 33.0. The van der Waals surface area contributed by atoms with Crippen LogP contribution in [0.5, 0.6) is 5.75 Å². The number of para-hydroxylation sites is 1. The van der Waals surface area contributed by atoms with Gasteiger partial charge in [-0.05, 0) is 131 Å². The number of aromatic hydroxyl groups is 1. The molecule has 0 atom stereocenters. The number of aromatic nitrogens is 3. The Kier molecular flexibility index (Phi) is 7.23. The molecule has 0 radical (unpaired) electrons. The van der Waals surface area contributed by atoms with Crippen LogP contribution in [0, 0.1) is 20.8 Å². The van der Waals surface area contributed by atoms with Crippen molar-refractivity contribution >= 4 is 11.0 Å². The Morgan fingerprint density at radius 2 is 1.22 bits per heavy atom. The minimum atomic E-state index is -3.48. The van der Waals surface area contributed by atoms with Gasteiger partial charge >= 0.3 is 0 Å². The third-order valence-electron chi connectivity index (χ3n) is 10.9. The summed E-state index contributed by atoms with van der Waals surface area (Å²) >= 11 is 0. The number of hydrogen-bond acceptors (Lipinski definition) is 3. The maximum absolute atomic E-state index is 11.9. The maximum atomic E-state index is 11.9. The lowest BCUT2D eigenvalue weighted by Gasteiger charge is -2.23. The first-order chi connectivity index (χ1) is 32.3. The van der Waals surface area contributed by atoms with Gasteiger partial charge < -0.3 is 5.11 Å². The van der Waals surface area contributed by atoms with Crippen LogP contribution in [0.3, 0.4) is 0 Å². The summed E-state index contributed by atoms with van der Waals surface area (Å²) in [7, 11) is 0. The van der Waals surface area contributed by atoms with Crippen LogP contribution in [0.25, 0.3) is 83.9 Å². The minimum absolute atomic E-state index is 0.00528. The van der Waals surface area contributed by atoms with E-state index in [4.69, 9.17) is 22.3 Å². The molecule has 4 nitrogen and oxygen atoms in total. The molecule has 0 saturated carbocycles. The summed E-state index contributed by atoms with van der Waals surface area (Å²) < 4.78 is 78.7. The fourth-order valence-electron chi connectivity index (χ4n) is 7.94. The average molecular weight is 775 g/mol. The van der Waals surface area contributed by atoms with Crippen LogP contribution in [0.15, 0.2) is 170 Å². The topological polar surface area (TPSA) is 50.9 Å². The SMILES string of the molecule is [2H]C([2H])([2H])C(c1ccc(-n2c(-c3cc(C)cc(C)c3O)nc3c(-c4cc(-c5ccccc5)cc(-c5cc(-c6ccc(C)cc6)ccn5)c4)cccc32)c(-c2ccccc2)c1)(C([2H])([2H])[2H])C([2H])([2H])[2H]. The van der Waals surface area contributed by atoms with E-state index in [2.05, 4.69) is 67.6 Å².